The van der Waals surface area contributed by atoms with Crippen LogP contribution < -0.4 is 5.73 Å². The van der Waals surface area contributed by atoms with Crippen molar-refractivity contribution >= 4 is 11.8 Å². The Labute approximate surface area is 121 Å². The lowest BCUT2D eigenvalue weighted by Crippen LogP contribution is -2.39. The maximum absolute atomic E-state index is 12.2. The maximum Gasteiger partial charge on any atom is 0.446 e. The third kappa shape index (κ3) is 4.68. The highest BCUT2D eigenvalue weighted by Gasteiger charge is 2.32. The molecule has 2 N–H and O–H groups in total. The minimum absolute atomic E-state index is 0.0796. The summed E-state index contributed by atoms with van der Waals surface area (Å²) in [5.74, 6) is 0.685. The van der Waals surface area contributed by atoms with Gasteiger partial charge >= 0.3 is 5.51 Å². The molecule has 112 valence electrons. The molecule has 1 saturated carbocycles. The van der Waals surface area contributed by atoms with Gasteiger partial charge in [-0.1, -0.05) is 12.1 Å². The van der Waals surface area contributed by atoms with Crippen LogP contribution in [0.3, 0.4) is 0 Å². The number of thioether (sulfide) groups is 1. The topological polar surface area (TPSA) is 29.3 Å². The predicted octanol–water partition coefficient (Wildman–Crippen LogP) is 3.47. The summed E-state index contributed by atoms with van der Waals surface area (Å²) < 4.78 is 36.7. The van der Waals surface area contributed by atoms with Crippen LogP contribution in [-0.2, 0) is 6.54 Å². The second-order valence-electron chi connectivity index (χ2n) is 5.25. The fraction of sp³-hybridized carbons (Fsp3) is 0.571. The maximum atomic E-state index is 12.2. The average molecular weight is 304 g/mol. The van der Waals surface area contributed by atoms with Crippen molar-refractivity contribution in [1.82, 2.24) is 4.90 Å². The molecule has 1 aromatic rings. The minimum atomic E-state index is -4.23. The molecule has 0 heterocycles. The van der Waals surface area contributed by atoms with Gasteiger partial charge in [-0.2, -0.15) is 13.2 Å². The Hall–Kier alpha value is -0.720. The zero-order valence-electron chi connectivity index (χ0n) is 11.4. The van der Waals surface area contributed by atoms with Crippen LogP contribution >= 0.6 is 11.8 Å². The van der Waals surface area contributed by atoms with Gasteiger partial charge in [-0.3, -0.25) is 4.90 Å². The summed E-state index contributed by atoms with van der Waals surface area (Å²) in [7, 11) is 2.02. The molecule has 0 saturated heterocycles. The molecule has 0 aromatic heterocycles. The highest BCUT2D eigenvalue weighted by Crippen LogP contribution is 2.37. The average Bonchev–Trinajstić information content (AvgIpc) is 3.15. The molecule has 1 fully saturated rings. The second kappa shape index (κ2) is 6.37. The van der Waals surface area contributed by atoms with E-state index in [0.29, 0.717) is 18.5 Å². The standard InChI is InChI=1S/C14H19F3N2S/c1-19(13(8-18)11-4-5-11)9-10-2-6-12(7-3-10)20-14(15,16)17/h2-3,6-7,11,13H,4-5,8-9,18H2,1H3. The molecule has 6 heteroatoms. The van der Waals surface area contributed by atoms with Crippen LogP contribution in [0.4, 0.5) is 13.2 Å². The molecule has 1 aliphatic rings. The number of nitrogens with zero attached hydrogens (tertiary/aromatic N) is 1. The molecule has 1 atom stereocenters. The summed E-state index contributed by atoms with van der Waals surface area (Å²) in [6.45, 7) is 1.35. The highest BCUT2D eigenvalue weighted by atomic mass is 32.2. The molecule has 2 rings (SSSR count). The van der Waals surface area contributed by atoms with Gasteiger partial charge in [0.2, 0.25) is 0 Å². The van der Waals surface area contributed by atoms with Crippen molar-refractivity contribution in [2.45, 2.75) is 35.8 Å². The van der Waals surface area contributed by atoms with E-state index in [2.05, 4.69) is 4.90 Å². The Balaban J connectivity index is 1.92. The molecular weight excluding hydrogens is 285 g/mol. The van der Waals surface area contributed by atoms with Crippen molar-refractivity contribution in [1.29, 1.82) is 0 Å². The summed E-state index contributed by atoms with van der Waals surface area (Å²) in [5.41, 5.74) is 2.58. The lowest BCUT2D eigenvalue weighted by molar-refractivity contribution is -0.0328. The second-order valence-corrected chi connectivity index (χ2v) is 6.39. The van der Waals surface area contributed by atoms with Gasteiger partial charge in [-0.05, 0) is 55.3 Å². The first-order valence-corrected chi connectivity index (χ1v) is 7.45. The molecule has 2 nitrogen and oxygen atoms in total. The zero-order valence-corrected chi connectivity index (χ0v) is 12.2. The summed E-state index contributed by atoms with van der Waals surface area (Å²) >= 11 is -0.0796. The van der Waals surface area contributed by atoms with E-state index in [4.69, 9.17) is 5.73 Å². The molecule has 1 aromatic carbocycles. The monoisotopic (exact) mass is 304 g/mol. The lowest BCUT2D eigenvalue weighted by Gasteiger charge is -2.27. The lowest BCUT2D eigenvalue weighted by atomic mass is 10.1. The largest absolute Gasteiger partial charge is 0.446 e. The molecule has 0 aliphatic heterocycles. The van der Waals surface area contributed by atoms with Crippen LogP contribution in [0.25, 0.3) is 0 Å². The Bertz CT molecular complexity index is 429. The number of benzene rings is 1. The van der Waals surface area contributed by atoms with Crippen molar-refractivity contribution in [2.24, 2.45) is 11.7 Å². The van der Waals surface area contributed by atoms with Crippen LogP contribution in [0.2, 0.25) is 0 Å². The first kappa shape index (κ1) is 15.7. The number of nitrogens with two attached hydrogens (primary N) is 1. The van der Waals surface area contributed by atoms with Gasteiger partial charge in [-0.15, -0.1) is 0 Å². The SMILES string of the molecule is CN(Cc1ccc(SC(F)(F)F)cc1)C(CN)C1CC1. The number of hydrogen-bond acceptors (Lipinski definition) is 3. The van der Waals surface area contributed by atoms with E-state index in [0.717, 1.165) is 12.1 Å². The Morgan fingerprint density at radius 3 is 2.35 bits per heavy atom. The Kier molecular flexibility index (Phi) is 4.99. The van der Waals surface area contributed by atoms with Gasteiger partial charge in [-0.25, -0.2) is 0 Å². The normalized spacial score (nSPS) is 17.5. The third-order valence-corrected chi connectivity index (χ3v) is 4.30. The van der Waals surface area contributed by atoms with Crippen molar-refractivity contribution in [3.05, 3.63) is 29.8 Å². The summed E-state index contributed by atoms with van der Waals surface area (Å²) in [6, 6.07) is 6.93. The van der Waals surface area contributed by atoms with Gasteiger partial charge in [0.1, 0.15) is 0 Å². The molecule has 0 radical (unpaired) electrons. The van der Waals surface area contributed by atoms with E-state index in [1.165, 1.54) is 25.0 Å². The van der Waals surface area contributed by atoms with Gasteiger partial charge in [0, 0.05) is 24.0 Å². The van der Waals surface area contributed by atoms with E-state index in [1.807, 2.05) is 7.05 Å². The number of hydrogen-bond donors (Lipinski definition) is 1. The molecular formula is C14H19F3N2S. The van der Waals surface area contributed by atoms with Crippen LogP contribution in [-0.4, -0.2) is 30.0 Å². The first-order chi connectivity index (χ1) is 9.39. The number of likely N-dealkylation sites (N-methyl/N-ethyl adjacent to an activating group) is 1. The molecule has 0 bridgehead atoms. The van der Waals surface area contributed by atoms with Crippen molar-refractivity contribution in [2.75, 3.05) is 13.6 Å². The van der Waals surface area contributed by atoms with Gasteiger partial charge in [0.15, 0.2) is 0 Å². The summed E-state index contributed by atoms with van der Waals surface area (Å²) in [6.07, 6.45) is 2.46. The van der Waals surface area contributed by atoms with Crippen LogP contribution in [0.1, 0.15) is 18.4 Å². The number of alkyl halides is 3. The van der Waals surface area contributed by atoms with Crippen molar-refractivity contribution < 1.29 is 13.2 Å². The zero-order chi connectivity index (χ0) is 14.8. The van der Waals surface area contributed by atoms with Crippen LogP contribution in [0, 0.1) is 5.92 Å². The molecule has 0 spiro atoms. The number of halogens is 3. The van der Waals surface area contributed by atoms with E-state index >= 15 is 0 Å². The first-order valence-electron chi connectivity index (χ1n) is 6.64. The van der Waals surface area contributed by atoms with E-state index < -0.39 is 5.51 Å². The van der Waals surface area contributed by atoms with Crippen LogP contribution in [0.15, 0.2) is 29.2 Å². The molecule has 1 unspecified atom stereocenters. The highest BCUT2D eigenvalue weighted by molar-refractivity contribution is 8.00. The van der Waals surface area contributed by atoms with E-state index in [9.17, 15) is 13.2 Å². The molecule has 0 amide bonds. The minimum Gasteiger partial charge on any atom is -0.329 e. The predicted molar refractivity (Wildman–Crippen MR) is 75.4 cm³/mol. The molecule has 1 aliphatic carbocycles. The fourth-order valence-electron chi connectivity index (χ4n) is 2.42. The Morgan fingerprint density at radius 1 is 1.30 bits per heavy atom. The Morgan fingerprint density at radius 2 is 1.90 bits per heavy atom. The van der Waals surface area contributed by atoms with E-state index in [-0.39, 0.29) is 16.7 Å². The van der Waals surface area contributed by atoms with E-state index in [1.54, 1.807) is 12.1 Å². The van der Waals surface area contributed by atoms with Gasteiger partial charge < -0.3 is 5.73 Å². The van der Waals surface area contributed by atoms with Crippen LogP contribution in [0.5, 0.6) is 0 Å². The quantitative estimate of drug-likeness (QED) is 0.816. The summed E-state index contributed by atoms with van der Waals surface area (Å²) in [5, 5.41) is 0. The molecule has 20 heavy (non-hydrogen) atoms. The smallest absolute Gasteiger partial charge is 0.329 e. The third-order valence-electron chi connectivity index (χ3n) is 3.56. The fourth-order valence-corrected chi connectivity index (χ4v) is 2.95. The van der Waals surface area contributed by atoms with Crippen molar-refractivity contribution in [3.63, 3.8) is 0 Å². The van der Waals surface area contributed by atoms with Crippen molar-refractivity contribution in [3.8, 4) is 0 Å². The van der Waals surface area contributed by atoms with Gasteiger partial charge in [0.05, 0.1) is 0 Å². The number of rotatable bonds is 6. The summed E-state index contributed by atoms with van der Waals surface area (Å²) in [4.78, 5) is 2.42. The van der Waals surface area contributed by atoms with Gasteiger partial charge in [0.25, 0.3) is 0 Å².